The van der Waals surface area contributed by atoms with Crippen LogP contribution in [0.15, 0.2) is 53.4 Å². The lowest BCUT2D eigenvalue weighted by atomic mass is 10.2. The van der Waals surface area contributed by atoms with Crippen molar-refractivity contribution in [1.29, 1.82) is 0 Å². The maximum atomic E-state index is 13.2. The van der Waals surface area contributed by atoms with Gasteiger partial charge in [0.25, 0.3) is 5.91 Å². The molecule has 0 aromatic heterocycles. The second-order valence-electron chi connectivity index (χ2n) is 8.04. The number of anilines is 2. The molecule has 2 heterocycles. The van der Waals surface area contributed by atoms with Gasteiger partial charge in [0.05, 0.1) is 44.2 Å². The number of para-hydroxylation sites is 3. The smallest absolute Gasteiger partial charge is 0.282 e. The van der Waals surface area contributed by atoms with Gasteiger partial charge in [0.2, 0.25) is 0 Å². The Morgan fingerprint density at radius 1 is 1.07 bits per heavy atom. The van der Waals surface area contributed by atoms with E-state index in [-0.39, 0.29) is 5.91 Å². The molecule has 160 valence electrons. The predicted molar refractivity (Wildman–Crippen MR) is 124 cm³/mol. The van der Waals surface area contributed by atoms with Crippen molar-refractivity contribution in [2.75, 3.05) is 55.7 Å². The Bertz CT molecular complexity index is 867. The average molecular weight is 427 g/mol. The summed E-state index contributed by atoms with van der Waals surface area (Å²) >= 11 is 1.88. The Morgan fingerprint density at radius 2 is 1.77 bits per heavy atom. The molecule has 4 rings (SSSR count). The van der Waals surface area contributed by atoms with Crippen molar-refractivity contribution in [3.8, 4) is 5.75 Å². The number of nitrogens with zero attached hydrogens (tertiary/aromatic N) is 2. The molecule has 0 bridgehead atoms. The maximum absolute atomic E-state index is 13.2. The predicted octanol–water partition coefficient (Wildman–Crippen LogP) is 2.71. The molecule has 1 amide bonds. The monoisotopic (exact) mass is 426 g/mol. The number of hydrogen-bond donors (Lipinski definition) is 1. The molecule has 1 fully saturated rings. The number of nitrogens with one attached hydrogen (secondary N) is 1. The van der Waals surface area contributed by atoms with E-state index >= 15 is 0 Å². The summed E-state index contributed by atoms with van der Waals surface area (Å²) in [7, 11) is 0. The molecule has 1 atom stereocenters. The fraction of sp³-hybridized carbons (Fsp3) is 0.458. The van der Waals surface area contributed by atoms with Crippen molar-refractivity contribution >= 4 is 29.0 Å². The molecular weight excluding hydrogens is 394 g/mol. The summed E-state index contributed by atoms with van der Waals surface area (Å²) in [5.41, 5.74) is 2.25. The van der Waals surface area contributed by atoms with Crippen LogP contribution in [-0.2, 0) is 4.79 Å². The summed E-state index contributed by atoms with van der Waals surface area (Å²) in [5.74, 6) is 1.20. The van der Waals surface area contributed by atoms with Gasteiger partial charge in [0.15, 0.2) is 6.54 Å². The molecule has 0 unspecified atom stereocenters. The summed E-state index contributed by atoms with van der Waals surface area (Å²) in [4.78, 5) is 20.2. The van der Waals surface area contributed by atoms with Gasteiger partial charge >= 0.3 is 0 Å². The number of rotatable bonds is 5. The normalized spacial score (nSPS) is 19.9. The van der Waals surface area contributed by atoms with Crippen LogP contribution in [0.3, 0.4) is 0 Å². The third kappa shape index (κ3) is 4.76. The molecule has 0 spiro atoms. The Hall–Kier alpha value is -2.18. The highest BCUT2D eigenvalue weighted by Crippen LogP contribution is 2.37. The highest BCUT2D eigenvalue weighted by molar-refractivity contribution is 8.00. The average Bonchev–Trinajstić information content (AvgIpc) is 2.93. The Kier molecular flexibility index (Phi) is 6.85. The van der Waals surface area contributed by atoms with E-state index in [1.165, 1.54) is 9.80 Å². The Balaban J connectivity index is 1.38. The molecule has 6 heteroatoms. The van der Waals surface area contributed by atoms with Crippen molar-refractivity contribution in [2.24, 2.45) is 0 Å². The standard InChI is InChI=1S/C24H31N3O2S/c1-3-29-22-10-6-4-8-20(22)26-16-14-25(15-17-26)18-24(28)27-13-12-19(2)30-23-11-7-5-9-21(23)27/h4-11,19H,3,12-18H2,1-2H3/p+1/t19-/m1/s1. The first kappa shape index (κ1) is 21.1. The molecule has 0 radical (unpaired) electrons. The quantitative estimate of drug-likeness (QED) is 0.798. The highest BCUT2D eigenvalue weighted by atomic mass is 32.2. The van der Waals surface area contributed by atoms with E-state index in [4.69, 9.17) is 4.74 Å². The Morgan fingerprint density at radius 3 is 2.53 bits per heavy atom. The number of amides is 1. The van der Waals surface area contributed by atoms with E-state index in [0.29, 0.717) is 18.4 Å². The van der Waals surface area contributed by atoms with Crippen LogP contribution in [0.5, 0.6) is 5.75 Å². The molecule has 2 aromatic rings. The third-order valence-electron chi connectivity index (χ3n) is 5.92. The lowest BCUT2D eigenvalue weighted by Crippen LogP contribution is -3.16. The minimum atomic E-state index is 0.246. The lowest BCUT2D eigenvalue weighted by Gasteiger charge is -2.35. The number of benzene rings is 2. The maximum Gasteiger partial charge on any atom is 0.282 e. The second-order valence-corrected chi connectivity index (χ2v) is 9.53. The number of carbonyl (C=O) groups excluding carboxylic acids is 1. The molecule has 2 aliphatic rings. The Labute approximate surface area is 184 Å². The van der Waals surface area contributed by atoms with Gasteiger partial charge in [-0.3, -0.25) is 4.79 Å². The first-order valence-electron chi connectivity index (χ1n) is 11.0. The van der Waals surface area contributed by atoms with Gasteiger partial charge < -0.3 is 19.4 Å². The molecule has 2 aromatic carbocycles. The number of carbonyl (C=O) groups is 1. The zero-order valence-corrected chi connectivity index (χ0v) is 18.8. The van der Waals surface area contributed by atoms with Crippen LogP contribution in [0, 0.1) is 0 Å². The SMILES string of the molecule is CCOc1ccccc1N1CC[NH+](CC(=O)N2CC[C@@H](C)Sc3ccccc32)CC1. The molecule has 0 aliphatic carbocycles. The first-order valence-corrected chi connectivity index (χ1v) is 11.9. The van der Waals surface area contributed by atoms with Gasteiger partial charge in [-0.05, 0) is 37.6 Å². The number of hydrogen-bond acceptors (Lipinski definition) is 4. The largest absolute Gasteiger partial charge is 0.492 e. The number of ether oxygens (including phenoxy) is 1. The fourth-order valence-electron chi connectivity index (χ4n) is 4.29. The zero-order valence-electron chi connectivity index (χ0n) is 18.0. The summed E-state index contributed by atoms with van der Waals surface area (Å²) in [6, 6.07) is 16.6. The van der Waals surface area contributed by atoms with E-state index in [9.17, 15) is 4.79 Å². The summed E-state index contributed by atoms with van der Waals surface area (Å²) in [5, 5.41) is 0.533. The van der Waals surface area contributed by atoms with Crippen molar-refractivity contribution in [2.45, 2.75) is 30.4 Å². The molecule has 0 saturated carbocycles. The zero-order chi connectivity index (χ0) is 20.9. The summed E-state index contributed by atoms with van der Waals surface area (Å²) in [6.07, 6.45) is 1.03. The van der Waals surface area contributed by atoms with E-state index in [1.807, 2.05) is 41.8 Å². The van der Waals surface area contributed by atoms with E-state index in [2.05, 4.69) is 42.2 Å². The molecule has 1 N–H and O–H groups in total. The van der Waals surface area contributed by atoms with Gasteiger partial charge in [-0.25, -0.2) is 0 Å². The number of fused-ring (bicyclic) bond motifs is 1. The minimum Gasteiger partial charge on any atom is -0.492 e. The van der Waals surface area contributed by atoms with E-state index < -0.39 is 0 Å². The van der Waals surface area contributed by atoms with Crippen LogP contribution < -0.4 is 19.4 Å². The van der Waals surface area contributed by atoms with E-state index in [1.54, 1.807) is 0 Å². The van der Waals surface area contributed by atoms with Crippen LogP contribution in [0.4, 0.5) is 11.4 Å². The molecule has 5 nitrogen and oxygen atoms in total. The van der Waals surface area contributed by atoms with Gasteiger partial charge in [-0.1, -0.05) is 31.2 Å². The summed E-state index contributed by atoms with van der Waals surface area (Å²) < 4.78 is 5.80. The fourth-order valence-corrected chi connectivity index (χ4v) is 5.40. The van der Waals surface area contributed by atoms with Gasteiger partial charge in [-0.15, -0.1) is 11.8 Å². The van der Waals surface area contributed by atoms with Crippen molar-refractivity contribution in [1.82, 2.24) is 0 Å². The second kappa shape index (κ2) is 9.75. The number of thioether (sulfide) groups is 1. The highest BCUT2D eigenvalue weighted by Gasteiger charge is 2.29. The van der Waals surface area contributed by atoms with Crippen LogP contribution in [0.1, 0.15) is 20.3 Å². The lowest BCUT2D eigenvalue weighted by molar-refractivity contribution is -0.892. The van der Waals surface area contributed by atoms with Crippen molar-refractivity contribution in [3.05, 3.63) is 48.5 Å². The van der Waals surface area contributed by atoms with Crippen molar-refractivity contribution in [3.63, 3.8) is 0 Å². The third-order valence-corrected chi connectivity index (χ3v) is 7.16. The first-order chi connectivity index (χ1) is 14.7. The van der Waals surface area contributed by atoms with Gasteiger partial charge in [0.1, 0.15) is 5.75 Å². The minimum absolute atomic E-state index is 0.246. The number of piperazine rings is 1. The van der Waals surface area contributed by atoms with Crippen LogP contribution in [0.2, 0.25) is 0 Å². The number of quaternary nitrogens is 1. The van der Waals surface area contributed by atoms with E-state index in [0.717, 1.165) is 56.3 Å². The van der Waals surface area contributed by atoms with Crippen LogP contribution in [-0.4, -0.2) is 57.0 Å². The molecular formula is C24H32N3O2S+. The van der Waals surface area contributed by atoms with Crippen molar-refractivity contribution < 1.29 is 14.4 Å². The van der Waals surface area contributed by atoms with Crippen LogP contribution >= 0.6 is 11.8 Å². The molecule has 2 aliphatic heterocycles. The van der Waals surface area contributed by atoms with Gasteiger partial charge in [-0.2, -0.15) is 0 Å². The van der Waals surface area contributed by atoms with Crippen LogP contribution in [0.25, 0.3) is 0 Å². The van der Waals surface area contributed by atoms with Gasteiger partial charge in [0, 0.05) is 16.7 Å². The summed E-state index contributed by atoms with van der Waals surface area (Å²) in [6.45, 7) is 10.1. The topological polar surface area (TPSA) is 37.2 Å². The molecule has 30 heavy (non-hydrogen) atoms. The molecule has 1 saturated heterocycles.